The van der Waals surface area contributed by atoms with Crippen molar-refractivity contribution >= 4 is 0 Å². The first kappa shape index (κ1) is 14.7. The molecule has 0 bridgehead atoms. The molecule has 5 atom stereocenters. The number of aromatic nitrogens is 2. The fourth-order valence-electron chi connectivity index (χ4n) is 2.12. The molecule has 1 aliphatic heterocycles. The first-order valence-electron chi connectivity index (χ1n) is 5.96. The van der Waals surface area contributed by atoms with Crippen molar-refractivity contribution < 1.29 is 24.8 Å². The Kier molecular flexibility index (Phi) is 3.95. The summed E-state index contributed by atoms with van der Waals surface area (Å²) in [5, 5.41) is 29.1. The summed E-state index contributed by atoms with van der Waals surface area (Å²) in [6, 6.07) is 0. The van der Waals surface area contributed by atoms with E-state index in [2.05, 4.69) is 0 Å². The fraction of sp³-hybridized carbons (Fsp3) is 0.636. The molecule has 1 aromatic rings. The van der Waals surface area contributed by atoms with Crippen LogP contribution in [0.4, 0.5) is 0 Å². The molecule has 2 rings (SSSR count). The van der Waals surface area contributed by atoms with Crippen molar-refractivity contribution in [2.45, 2.75) is 37.6 Å². The smallest absolute Gasteiger partial charge is 0.330 e. The van der Waals surface area contributed by atoms with Crippen LogP contribution in [0.3, 0.4) is 0 Å². The summed E-state index contributed by atoms with van der Waals surface area (Å²) in [5.41, 5.74) is -1.54. The minimum atomic E-state index is -1.43. The van der Waals surface area contributed by atoms with Gasteiger partial charge in [-0.3, -0.25) is 14.3 Å². The second-order valence-electron chi connectivity index (χ2n) is 4.58. The Morgan fingerprint density at radius 2 is 2.05 bits per heavy atom. The van der Waals surface area contributed by atoms with Crippen molar-refractivity contribution in [3.8, 4) is 5.75 Å². The van der Waals surface area contributed by atoms with Crippen LogP contribution in [0.15, 0.2) is 15.8 Å². The number of aliphatic hydroxyl groups excluding tert-OH is 3. The molecule has 0 aromatic carbocycles. The third kappa shape index (κ3) is 2.36. The second-order valence-corrected chi connectivity index (χ2v) is 4.58. The van der Waals surface area contributed by atoms with E-state index in [1.807, 2.05) is 4.98 Å². The van der Waals surface area contributed by atoms with Gasteiger partial charge in [0.2, 0.25) is 5.75 Å². The Labute approximate surface area is 113 Å². The van der Waals surface area contributed by atoms with Crippen molar-refractivity contribution in [1.82, 2.24) is 9.55 Å². The van der Waals surface area contributed by atoms with E-state index in [1.54, 1.807) is 0 Å². The lowest BCUT2D eigenvalue weighted by molar-refractivity contribution is -0.0805. The summed E-state index contributed by atoms with van der Waals surface area (Å²) in [7, 11) is 1.25. The van der Waals surface area contributed by atoms with Gasteiger partial charge in [0.25, 0.3) is 5.56 Å². The van der Waals surface area contributed by atoms with Crippen LogP contribution in [0.25, 0.3) is 0 Å². The predicted octanol–water partition coefficient (Wildman–Crippen LogP) is -2.45. The van der Waals surface area contributed by atoms with Crippen molar-refractivity contribution in [3.63, 3.8) is 0 Å². The molecule has 0 unspecified atom stereocenters. The molecule has 1 saturated heterocycles. The summed E-state index contributed by atoms with van der Waals surface area (Å²) >= 11 is 0. The van der Waals surface area contributed by atoms with Gasteiger partial charge in [0.15, 0.2) is 6.23 Å². The molecule has 112 valence electrons. The number of nitrogens with one attached hydrogen (secondary N) is 1. The number of nitrogens with zero attached hydrogens (tertiary/aromatic N) is 1. The van der Waals surface area contributed by atoms with E-state index in [0.29, 0.717) is 0 Å². The summed E-state index contributed by atoms with van der Waals surface area (Å²) in [5.74, 6) is -0.143. The molecule has 9 nitrogen and oxygen atoms in total. The largest absolute Gasteiger partial charge is 0.490 e. The van der Waals surface area contributed by atoms with Crippen LogP contribution in [0.5, 0.6) is 5.75 Å². The number of methoxy groups -OCH3 is 1. The number of hydrogen-bond donors (Lipinski definition) is 4. The molecular weight excluding hydrogens is 272 g/mol. The molecule has 0 radical (unpaired) electrons. The molecule has 2 heterocycles. The van der Waals surface area contributed by atoms with Gasteiger partial charge in [0, 0.05) is 0 Å². The first-order valence-corrected chi connectivity index (χ1v) is 5.96. The van der Waals surface area contributed by atoms with Gasteiger partial charge in [0.05, 0.1) is 19.4 Å². The maximum absolute atomic E-state index is 11.7. The maximum atomic E-state index is 11.7. The van der Waals surface area contributed by atoms with Gasteiger partial charge in [0.1, 0.15) is 18.3 Å². The summed E-state index contributed by atoms with van der Waals surface area (Å²) < 4.78 is 11.0. The molecule has 20 heavy (non-hydrogen) atoms. The van der Waals surface area contributed by atoms with Gasteiger partial charge >= 0.3 is 5.69 Å². The Balaban J connectivity index is 2.42. The lowest BCUT2D eigenvalue weighted by Crippen LogP contribution is -2.39. The van der Waals surface area contributed by atoms with Crippen LogP contribution in [-0.2, 0) is 4.74 Å². The Bertz CT molecular complexity index is 593. The van der Waals surface area contributed by atoms with Crippen molar-refractivity contribution in [2.75, 3.05) is 7.11 Å². The van der Waals surface area contributed by atoms with Gasteiger partial charge in [-0.1, -0.05) is 0 Å². The first-order chi connectivity index (χ1) is 9.36. The van der Waals surface area contributed by atoms with E-state index in [0.717, 1.165) is 10.8 Å². The van der Waals surface area contributed by atoms with Crippen LogP contribution in [0.2, 0.25) is 0 Å². The number of hydrogen-bond acceptors (Lipinski definition) is 7. The highest BCUT2D eigenvalue weighted by Crippen LogP contribution is 2.30. The summed E-state index contributed by atoms with van der Waals surface area (Å²) in [4.78, 5) is 25.1. The number of aliphatic hydroxyl groups is 3. The molecule has 0 saturated carbocycles. The van der Waals surface area contributed by atoms with Crippen LogP contribution < -0.4 is 16.0 Å². The van der Waals surface area contributed by atoms with Crippen molar-refractivity contribution in [1.29, 1.82) is 0 Å². The zero-order valence-corrected chi connectivity index (χ0v) is 10.9. The third-order valence-corrected chi connectivity index (χ3v) is 3.18. The highest BCUT2D eigenvalue weighted by Gasteiger charge is 2.46. The van der Waals surface area contributed by atoms with E-state index < -0.39 is 41.9 Å². The van der Waals surface area contributed by atoms with Gasteiger partial charge in [-0.15, -0.1) is 0 Å². The van der Waals surface area contributed by atoms with E-state index in [1.165, 1.54) is 14.0 Å². The molecule has 1 fully saturated rings. The zero-order chi connectivity index (χ0) is 15.0. The standard InChI is InChI=1S/C11H16N2O7/c1-4(14)8-6(15)7(16)10(20-8)13-3-5(19-2)9(17)12-11(13)18/h3-4,6-8,10,14-16H,1-2H3,(H,12,17,18)/t4-,6+,7-,8-,10-/m1/s1. The Morgan fingerprint density at radius 3 is 2.55 bits per heavy atom. The molecular formula is C11H16N2O7. The average molecular weight is 288 g/mol. The highest BCUT2D eigenvalue weighted by atomic mass is 16.6. The molecule has 1 aliphatic rings. The normalized spacial score (nSPS) is 31.2. The lowest BCUT2D eigenvalue weighted by Gasteiger charge is -2.18. The SMILES string of the molecule is COc1cn([C@@H]2O[C@H]([C@@H](C)O)[C@@H](O)[C@H]2O)c(=O)[nH]c1=O. The van der Waals surface area contributed by atoms with E-state index in [9.17, 15) is 24.9 Å². The highest BCUT2D eigenvalue weighted by molar-refractivity contribution is 5.12. The van der Waals surface area contributed by atoms with Crippen LogP contribution in [0, 0.1) is 0 Å². The molecule has 1 aromatic heterocycles. The second kappa shape index (κ2) is 5.37. The maximum Gasteiger partial charge on any atom is 0.330 e. The van der Waals surface area contributed by atoms with Crippen LogP contribution >= 0.6 is 0 Å². The predicted molar refractivity (Wildman–Crippen MR) is 65.5 cm³/mol. The summed E-state index contributed by atoms with van der Waals surface area (Å²) in [6.45, 7) is 1.39. The summed E-state index contributed by atoms with van der Waals surface area (Å²) in [6.07, 6.45) is -5.02. The number of ether oxygens (including phenoxy) is 2. The molecule has 0 amide bonds. The van der Waals surface area contributed by atoms with Gasteiger partial charge in [-0.2, -0.15) is 0 Å². The molecule has 0 aliphatic carbocycles. The lowest BCUT2D eigenvalue weighted by atomic mass is 10.1. The van der Waals surface area contributed by atoms with Crippen LogP contribution in [-0.4, -0.2) is 56.4 Å². The Hall–Kier alpha value is -1.68. The fourth-order valence-corrected chi connectivity index (χ4v) is 2.12. The monoisotopic (exact) mass is 288 g/mol. The Morgan fingerprint density at radius 1 is 1.40 bits per heavy atom. The molecule has 9 heteroatoms. The third-order valence-electron chi connectivity index (χ3n) is 3.18. The topological polar surface area (TPSA) is 134 Å². The number of rotatable bonds is 3. The van der Waals surface area contributed by atoms with Gasteiger partial charge < -0.3 is 24.8 Å². The average Bonchev–Trinajstić information content (AvgIpc) is 2.67. The quantitative estimate of drug-likeness (QED) is 0.485. The van der Waals surface area contributed by atoms with Crippen molar-refractivity contribution in [3.05, 3.63) is 27.0 Å². The van der Waals surface area contributed by atoms with Crippen molar-refractivity contribution in [2.24, 2.45) is 0 Å². The minimum Gasteiger partial charge on any atom is -0.490 e. The van der Waals surface area contributed by atoms with E-state index in [-0.39, 0.29) is 5.75 Å². The molecule has 0 spiro atoms. The zero-order valence-electron chi connectivity index (χ0n) is 10.9. The number of H-pyrrole nitrogens is 1. The van der Waals surface area contributed by atoms with E-state index >= 15 is 0 Å². The van der Waals surface area contributed by atoms with Crippen LogP contribution in [0.1, 0.15) is 13.2 Å². The van der Waals surface area contributed by atoms with Gasteiger partial charge in [-0.05, 0) is 6.92 Å². The number of aromatic amines is 1. The van der Waals surface area contributed by atoms with Gasteiger partial charge in [-0.25, -0.2) is 4.79 Å². The minimum absolute atomic E-state index is 0.143. The van der Waals surface area contributed by atoms with E-state index in [4.69, 9.17) is 9.47 Å². The molecule has 4 N–H and O–H groups in total.